The highest BCUT2D eigenvalue weighted by Crippen LogP contribution is 2.38. The topological polar surface area (TPSA) is 15.3 Å². The lowest BCUT2D eigenvalue weighted by Gasteiger charge is -2.35. The van der Waals surface area contributed by atoms with Crippen LogP contribution in [0, 0.1) is 5.82 Å². The molecule has 0 aliphatic carbocycles. The molecule has 25 heavy (non-hydrogen) atoms. The van der Waals surface area contributed by atoms with Crippen molar-refractivity contribution in [1.29, 1.82) is 0 Å². The van der Waals surface area contributed by atoms with Crippen LogP contribution >= 0.6 is 36.2 Å². The van der Waals surface area contributed by atoms with Crippen molar-refractivity contribution in [3.63, 3.8) is 0 Å². The average Bonchev–Trinajstić information content (AvgIpc) is 3.03. The summed E-state index contributed by atoms with van der Waals surface area (Å²) in [5.41, 5.74) is -1.11. The van der Waals surface area contributed by atoms with Gasteiger partial charge in [-0.25, -0.2) is 4.39 Å². The second-order valence-corrected chi connectivity index (χ2v) is 6.39. The summed E-state index contributed by atoms with van der Waals surface area (Å²) in [4.78, 5) is 2.88. The summed E-state index contributed by atoms with van der Waals surface area (Å²) < 4.78 is 53.7. The molecular formula is C16H18Cl2F4N2S. The number of hydrogen-bond donors (Lipinski definition) is 1. The lowest BCUT2D eigenvalue weighted by Crippen LogP contribution is -2.45. The van der Waals surface area contributed by atoms with Crippen LogP contribution < -0.4 is 5.32 Å². The Morgan fingerprint density at radius 1 is 1.04 bits per heavy atom. The number of benzene rings is 1. The van der Waals surface area contributed by atoms with Crippen molar-refractivity contribution >= 4 is 36.2 Å². The Hall–Kier alpha value is -0.860. The average molecular weight is 417 g/mol. The first-order valence-corrected chi connectivity index (χ1v) is 8.20. The molecule has 1 N–H and O–H groups in total. The lowest BCUT2D eigenvalue weighted by molar-refractivity contribution is -0.140. The minimum atomic E-state index is -4.69. The molecule has 0 amide bonds. The second-order valence-electron chi connectivity index (χ2n) is 5.41. The van der Waals surface area contributed by atoms with Gasteiger partial charge in [0.2, 0.25) is 0 Å². The van der Waals surface area contributed by atoms with Gasteiger partial charge in [0.05, 0.1) is 11.6 Å². The smallest absolute Gasteiger partial charge is 0.314 e. The van der Waals surface area contributed by atoms with E-state index in [0.717, 1.165) is 24.0 Å². The van der Waals surface area contributed by atoms with Gasteiger partial charge in [-0.05, 0) is 17.5 Å². The summed E-state index contributed by atoms with van der Waals surface area (Å²) in [5.74, 6) is -1.17. The summed E-state index contributed by atoms with van der Waals surface area (Å²) in [6.07, 6.45) is -4.69. The molecule has 1 aliphatic heterocycles. The first-order chi connectivity index (χ1) is 11.0. The number of alkyl halides is 3. The van der Waals surface area contributed by atoms with Crippen LogP contribution in [-0.4, -0.2) is 31.1 Å². The molecule has 0 radical (unpaired) electrons. The highest BCUT2D eigenvalue weighted by atomic mass is 35.5. The third kappa shape index (κ3) is 4.86. The van der Waals surface area contributed by atoms with Crippen molar-refractivity contribution in [3.05, 3.63) is 57.5 Å². The Bertz CT molecular complexity index is 659. The zero-order valence-corrected chi connectivity index (χ0v) is 15.5. The van der Waals surface area contributed by atoms with Crippen LogP contribution in [0.25, 0.3) is 0 Å². The molecule has 1 aromatic carbocycles. The maximum atomic E-state index is 14.6. The molecule has 9 heteroatoms. The summed E-state index contributed by atoms with van der Waals surface area (Å²) in [7, 11) is 0. The number of nitrogens with one attached hydrogen (secondary N) is 1. The predicted octanol–water partition coefficient (Wildman–Crippen LogP) is 4.74. The molecule has 1 atom stereocenters. The summed E-state index contributed by atoms with van der Waals surface area (Å²) >= 11 is 1.43. The Labute approximate surface area is 160 Å². The zero-order valence-electron chi connectivity index (χ0n) is 13.1. The SMILES string of the molecule is Cl.Cl.Fc1c([C@H](c2cccs2)N2CCNCC2)cccc1C(F)(F)F. The molecule has 3 rings (SSSR count). The minimum Gasteiger partial charge on any atom is -0.314 e. The molecule has 0 bridgehead atoms. The van der Waals surface area contributed by atoms with E-state index >= 15 is 0 Å². The van der Waals surface area contributed by atoms with Gasteiger partial charge in [0.25, 0.3) is 0 Å². The fraction of sp³-hybridized carbons (Fsp3) is 0.375. The van der Waals surface area contributed by atoms with E-state index in [1.54, 1.807) is 0 Å². The van der Waals surface area contributed by atoms with E-state index in [1.807, 2.05) is 22.4 Å². The molecule has 140 valence electrons. The van der Waals surface area contributed by atoms with Crippen LogP contribution in [0.2, 0.25) is 0 Å². The molecule has 0 spiro atoms. The van der Waals surface area contributed by atoms with Crippen molar-refractivity contribution < 1.29 is 17.6 Å². The third-order valence-corrected chi connectivity index (χ3v) is 4.88. The van der Waals surface area contributed by atoms with Gasteiger partial charge >= 0.3 is 6.18 Å². The highest BCUT2D eigenvalue weighted by Gasteiger charge is 2.37. The van der Waals surface area contributed by atoms with Gasteiger partial charge in [0.15, 0.2) is 0 Å². The van der Waals surface area contributed by atoms with Crippen LogP contribution in [0.1, 0.15) is 22.0 Å². The number of thiophene rings is 1. The summed E-state index contributed by atoms with van der Waals surface area (Å²) in [6.45, 7) is 2.81. The van der Waals surface area contributed by atoms with Crippen molar-refractivity contribution in [2.45, 2.75) is 12.2 Å². The van der Waals surface area contributed by atoms with Crippen LogP contribution in [-0.2, 0) is 6.18 Å². The van der Waals surface area contributed by atoms with Gasteiger partial charge in [-0.3, -0.25) is 4.90 Å². The summed E-state index contributed by atoms with van der Waals surface area (Å²) in [6, 6.07) is 6.72. The standard InChI is InChI=1S/C16H16F4N2S.2ClH/c17-14-11(3-1-4-12(14)16(18,19)20)15(13-5-2-10-23-13)22-8-6-21-7-9-22;;/h1-5,10,15,21H,6-9H2;2*1H/t15-;;/m1../s1. The number of hydrogen-bond acceptors (Lipinski definition) is 3. The van der Waals surface area contributed by atoms with Crippen LogP contribution in [0.15, 0.2) is 35.7 Å². The number of halogens is 6. The molecule has 2 heterocycles. The molecular weight excluding hydrogens is 399 g/mol. The second kappa shape index (κ2) is 9.19. The normalized spacial score (nSPS) is 16.6. The largest absolute Gasteiger partial charge is 0.419 e. The molecule has 1 saturated heterocycles. The molecule has 1 fully saturated rings. The molecule has 0 saturated carbocycles. The fourth-order valence-corrected chi connectivity index (χ4v) is 3.77. The molecule has 0 unspecified atom stereocenters. The minimum absolute atomic E-state index is 0. The number of piperazine rings is 1. The lowest BCUT2D eigenvalue weighted by atomic mass is 9.99. The van der Waals surface area contributed by atoms with Crippen molar-refractivity contribution in [1.82, 2.24) is 10.2 Å². The van der Waals surface area contributed by atoms with Gasteiger partial charge in [0, 0.05) is 36.6 Å². The van der Waals surface area contributed by atoms with E-state index in [2.05, 4.69) is 5.32 Å². The zero-order chi connectivity index (χ0) is 16.4. The third-order valence-electron chi connectivity index (χ3n) is 3.96. The Morgan fingerprint density at radius 2 is 1.72 bits per heavy atom. The van der Waals surface area contributed by atoms with Crippen molar-refractivity contribution in [3.8, 4) is 0 Å². The van der Waals surface area contributed by atoms with E-state index in [9.17, 15) is 17.6 Å². The maximum absolute atomic E-state index is 14.6. The van der Waals surface area contributed by atoms with Crippen molar-refractivity contribution in [2.75, 3.05) is 26.2 Å². The van der Waals surface area contributed by atoms with Gasteiger partial charge in [-0.15, -0.1) is 36.2 Å². The van der Waals surface area contributed by atoms with E-state index in [1.165, 1.54) is 23.5 Å². The monoisotopic (exact) mass is 416 g/mol. The summed E-state index contributed by atoms with van der Waals surface area (Å²) in [5, 5.41) is 5.06. The maximum Gasteiger partial charge on any atom is 0.419 e. The van der Waals surface area contributed by atoms with Gasteiger partial charge in [0.1, 0.15) is 5.82 Å². The Kier molecular flexibility index (Phi) is 8.15. The number of rotatable bonds is 3. The quantitative estimate of drug-likeness (QED) is 0.726. The first-order valence-electron chi connectivity index (χ1n) is 7.32. The first kappa shape index (κ1) is 22.2. The van der Waals surface area contributed by atoms with E-state index in [-0.39, 0.29) is 30.4 Å². The van der Waals surface area contributed by atoms with E-state index < -0.39 is 23.6 Å². The molecule has 2 aromatic rings. The Morgan fingerprint density at radius 3 is 2.28 bits per heavy atom. The van der Waals surface area contributed by atoms with Crippen LogP contribution in [0.4, 0.5) is 17.6 Å². The Balaban J connectivity index is 0.00000156. The van der Waals surface area contributed by atoms with Gasteiger partial charge < -0.3 is 5.32 Å². The van der Waals surface area contributed by atoms with Crippen LogP contribution in [0.5, 0.6) is 0 Å². The van der Waals surface area contributed by atoms with E-state index in [4.69, 9.17) is 0 Å². The predicted molar refractivity (Wildman–Crippen MR) is 96.5 cm³/mol. The fourth-order valence-electron chi connectivity index (χ4n) is 2.90. The van der Waals surface area contributed by atoms with Gasteiger partial charge in [-0.2, -0.15) is 13.2 Å². The molecule has 1 aliphatic rings. The molecule has 2 nitrogen and oxygen atoms in total. The van der Waals surface area contributed by atoms with E-state index in [0.29, 0.717) is 13.1 Å². The van der Waals surface area contributed by atoms with Gasteiger partial charge in [-0.1, -0.05) is 18.2 Å². The number of nitrogens with zero attached hydrogens (tertiary/aromatic N) is 1. The molecule has 1 aromatic heterocycles. The highest BCUT2D eigenvalue weighted by molar-refractivity contribution is 7.10. The van der Waals surface area contributed by atoms with Crippen molar-refractivity contribution in [2.24, 2.45) is 0 Å². The van der Waals surface area contributed by atoms with Crippen LogP contribution in [0.3, 0.4) is 0 Å².